The normalized spacial score (nSPS) is 10.6. The number of methoxy groups -OCH3 is 2. The van der Waals surface area contributed by atoms with Crippen LogP contribution in [-0.2, 0) is 4.79 Å². The Labute approximate surface area is 207 Å². The molecule has 0 fully saturated rings. The smallest absolute Gasteiger partial charge is 0.257 e. The lowest BCUT2D eigenvalue weighted by atomic mass is 10.2. The second-order valence-electron chi connectivity index (χ2n) is 7.60. The Kier molecular flexibility index (Phi) is 7.47. The minimum atomic E-state index is -0.475. The first-order valence-corrected chi connectivity index (χ1v) is 11.7. The van der Waals surface area contributed by atoms with Crippen molar-refractivity contribution < 1.29 is 19.1 Å². The molecule has 0 saturated carbocycles. The van der Waals surface area contributed by atoms with E-state index in [9.17, 15) is 9.59 Å². The Hall–Kier alpha value is -4.11. The summed E-state index contributed by atoms with van der Waals surface area (Å²) in [5.74, 6) is 1.09. The molecule has 35 heavy (non-hydrogen) atoms. The largest absolute Gasteiger partial charge is 0.497 e. The van der Waals surface area contributed by atoms with Crippen molar-refractivity contribution in [2.24, 2.45) is 0 Å². The van der Waals surface area contributed by atoms with Crippen LogP contribution in [0.1, 0.15) is 15.9 Å². The minimum absolute atomic E-state index is 0.00545. The van der Waals surface area contributed by atoms with Crippen molar-refractivity contribution >= 4 is 23.6 Å². The zero-order valence-corrected chi connectivity index (χ0v) is 20.3. The highest BCUT2D eigenvalue weighted by Crippen LogP contribution is 2.29. The SMILES string of the molecule is COc1ccc(C(=O)NC(=O)CSc2nnc(-c3ccc(OC)cc3)n2-c2ccc(C)cc2)cc1. The van der Waals surface area contributed by atoms with Crippen LogP contribution in [0.15, 0.2) is 78.0 Å². The molecule has 0 radical (unpaired) electrons. The van der Waals surface area contributed by atoms with Crippen LogP contribution in [0.5, 0.6) is 11.5 Å². The maximum Gasteiger partial charge on any atom is 0.257 e. The highest BCUT2D eigenvalue weighted by molar-refractivity contribution is 7.99. The molecular weight excluding hydrogens is 464 g/mol. The number of nitrogens with zero attached hydrogens (tertiary/aromatic N) is 3. The molecule has 178 valence electrons. The maximum atomic E-state index is 12.5. The third kappa shape index (κ3) is 5.70. The molecular formula is C26H24N4O4S. The number of ether oxygens (including phenoxy) is 2. The van der Waals surface area contributed by atoms with Gasteiger partial charge in [0.1, 0.15) is 11.5 Å². The first-order valence-electron chi connectivity index (χ1n) is 10.8. The van der Waals surface area contributed by atoms with E-state index in [-0.39, 0.29) is 5.75 Å². The summed E-state index contributed by atoms with van der Waals surface area (Å²) < 4.78 is 12.2. The lowest BCUT2D eigenvalue weighted by Crippen LogP contribution is -2.31. The van der Waals surface area contributed by atoms with E-state index in [1.54, 1.807) is 38.5 Å². The predicted molar refractivity (Wildman–Crippen MR) is 134 cm³/mol. The van der Waals surface area contributed by atoms with Crippen LogP contribution in [0.2, 0.25) is 0 Å². The maximum absolute atomic E-state index is 12.5. The number of carbonyl (C=O) groups excluding carboxylic acids is 2. The van der Waals surface area contributed by atoms with Crippen LogP contribution in [0.4, 0.5) is 0 Å². The van der Waals surface area contributed by atoms with E-state index in [1.165, 1.54) is 11.8 Å². The van der Waals surface area contributed by atoms with Gasteiger partial charge in [-0.05, 0) is 67.6 Å². The van der Waals surface area contributed by atoms with E-state index in [2.05, 4.69) is 15.5 Å². The average molecular weight is 489 g/mol. The van der Waals surface area contributed by atoms with Gasteiger partial charge in [0.15, 0.2) is 11.0 Å². The van der Waals surface area contributed by atoms with Crippen LogP contribution < -0.4 is 14.8 Å². The van der Waals surface area contributed by atoms with Gasteiger partial charge in [-0.3, -0.25) is 19.5 Å². The topological polar surface area (TPSA) is 95.3 Å². The Morgan fingerprint density at radius 1 is 0.857 bits per heavy atom. The van der Waals surface area contributed by atoms with Gasteiger partial charge < -0.3 is 9.47 Å². The number of rotatable bonds is 8. The van der Waals surface area contributed by atoms with E-state index in [4.69, 9.17) is 9.47 Å². The third-order valence-corrected chi connectivity index (χ3v) is 6.14. The number of aromatic nitrogens is 3. The lowest BCUT2D eigenvalue weighted by Gasteiger charge is -2.11. The van der Waals surface area contributed by atoms with E-state index >= 15 is 0 Å². The van der Waals surface area contributed by atoms with Crippen LogP contribution in [0, 0.1) is 6.92 Å². The molecule has 0 aliphatic carbocycles. The molecule has 1 heterocycles. The fourth-order valence-electron chi connectivity index (χ4n) is 3.32. The highest BCUT2D eigenvalue weighted by Gasteiger charge is 2.18. The van der Waals surface area contributed by atoms with E-state index in [0.29, 0.717) is 22.3 Å². The van der Waals surface area contributed by atoms with Crippen LogP contribution in [-0.4, -0.2) is 46.6 Å². The number of aryl methyl sites for hydroxylation is 1. The fourth-order valence-corrected chi connectivity index (χ4v) is 4.08. The first kappa shape index (κ1) is 24.0. The van der Waals surface area contributed by atoms with Crippen LogP contribution in [0.25, 0.3) is 17.1 Å². The molecule has 0 aliphatic heterocycles. The standard InChI is InChI=1S/C26H24N4O4S/c1-17-4-10-20(11-5-17)30-24(18-6-12-21(33-2)13-7-18)28-29-26(30)35-16-23(31)27-25(32)19-8-14-22(34-3)15-9-19/h4-15H,16H2,1-3H3,(H,27,31,32). The van der Waals surface area contributed by atoms with Crippen molar-refractivity contribution in [2.75, 3.05) is 20.0 Å². The van der Waals surface area contributed by atoms with Gasteiger partial charge in [0.25, 0.3) is 5.91 Å². The third-order valence-electron chi connectivity index (χ3n) is 5.21. The Balaban J connectivity index is 1.53. The van der Waals surface area contributed by atoms with Crippen molar-refractivity contribution in [2.45, 2.75) is 12.1 Å². The van der Waals surface area contributed by atoms with Crippen LogP contribution >= 0.6 is 11.8 Å². The second-order valence-corrected chi connectivity index (χ2v) is 8.54. The predicted octanol–water partition coefficient (Wildman–Crippen LogP) is 4.31. The summed E-state index contributed by atoms with van der Waals surface area (Å²) in [5.41, 5.74) is 3.21. The van der Waals surface area contributed by atoms with Crippen molar-refractivity contribution in [3.63, 3.8) is 0 Å². The molecule has 9 heteroatoms. The van der Waals surface area contributed by atoms with E-state index < -0.39 is 11.8 Å². The number of carbonyl (C=O) groups is 2. The summed E-state index contributed by atoms with van der Waals surface area (Å²) in [6, 6.07) is 22.0. The monoisotopic (exact) mass is 488 g/mol. The van der Waals surface area contributed by atoms with E-state index in [0.717, 1.165) is 22.6 Å². The molecule has 0 atom stereocenters. The van der Waals surface area contributed by atoms with Gasteiger partial charge in [0.2, 0.25) is 5.91 Å². The number of hydrogen-bond acceptors (Lipinski definition) is 7. The molecule has 4 rings (SSSR count). The van der Waals surface area contributed by atoms with Gasteiger partial charge in [0, 0.05) is 16.8 Å². The van der Waals surface area contributed by atoms with Crippen LogP contribution in [0.3, 0.4) is 0 Å². The van der Waals surface area contributed by atoms with Gasteiger partial charge in [-0.2, -0.15) is 0 Å². The fraction of sp³-hybridized carbons (Fsp3) is 0.154. The lowest BCUT2D eigenvalue weighted by molar-refractivity contribution is -0.117. The molecule has 8 nitrogen and oxygen atoms in total. The Morgan fingerprint density at radius 2 is 1.46 bits per heavy atom. The number of imide groups is 1. The summed E-state index contributed by atoms with van der Waals surface area (Å²) in [6.07, 6.45) is 0. The summed E-state index contributed by atoms with van der Waals surface area (Å²) in [6.45, 7) is 2.01. The van der Waals surface area contributed by atoms with E-state index in [1.807, 2.05) is 60.0 Å². The van der Waals surface area contributed by atoms with Gasteiger partial charge >= 0.3 is 0 Å². The van der Waals surface area contributed by atoms with Gasteiger partial charge in [-0.25, -0.2) is 0 Å². The number of benzene rings is 3. The first-order chi connectivity index (χ1) is 17.0. The summed E-state index contributed by atoms with van der Waals surface area (Å²) in [4.78, 5) is 24.9. The zero-order valence-electron chi connectivity index (χ0n) is 19.5. The number of amides is 2. The van der Waals surface area contributed by atoms with Crippen molar-refractivity contribution in [1.82, 2.24) is 20.1 Å². The Bertz CT molecular complexity index is 1320. The van der Waals surface area contributed by atoms with Gasteiger partial charge in [-0.1, -0.05) is 29.5 Å². The summed E-state index contributed by atoms with van der Waals surface area (Å²) >= 11 is 1.20. The number of thioether (sulfide) groups is 1. The molecule has 1 N–H and O–H groups in total. The molecule has 0 unspecified atom stereocenters. The molecule has 3 aromatic carbocycles. The summed E-state index contributed by atoms with van der Waals surface area (Å²) in [7, 11) is 3.16. The van der Waals surface area contributed by atoms with Crippen molar-refractivity contribution in [3.05, 3.63) is 83.9 Å². The molecule has 0 aliphatic rings. The van der Waals surface area contributed by atoms with Gasteiger partial charge in [0.05, 0.1) is 20.0 Å². The highest BCUT2D eigenvalue weighted by atomic mass is 32.2. The number of hydrogen-bond donors (Lipinski definition) is 1. The molecule has 2 amide bonds. The molecule has 1 aromatic heterocycles. The number of nitrogens with one attached hydrogen (secondary N) is 1. The quantitative estimate of drug-likeness (QED) is 0.369. The van der Waals surface area contributed by atoms with Gasteiger partial charge in [-0.15, -0.1) is 10.2 Å². The molecule has 0 bridgehead atoms. The van der Waals surface area contributed by atoms with Crippen molar-refractivity contribution in [1.29, 1.82) is 0 Å². The minimum Gasteiger partial charge on any atom is -0.497 e. The Morgan fingerprint density at radius 3 is 2.06 bits per heavy atom. The molecule has 0 spiro atoms. The zero-order chi connectivity index (χ0) is 24.8. The van der Waals surface area contributed by atoms with Crippen molar-refractivity contribution in [3.8, 4) is 28.6 Å². The molecule has 4 aromatic rings. The molecule has 0 saturated heterocycles. The average Bonchev–Trinajstić information content (AvgIpc) is 3.32. The second kappa shape index (κ2) is 10.9. The summed E-state index contributed by atoms with van der Waals surface area (Å²) in [5, 5.41) is 11.7.